The Labute approximate surface area is 162 Å². The highest BCUT2D eigenvalue weighted by Crippen LogP contribution is 2.27. The molecule has 2 aromatic carbocycles. The van der Waals surface area contributed by atoms with Gasteiger partial charge in [-0.1, -0.05) is 25.1 Å². The van der Waals surface area contributed by atoms with Crippen LogP contribution in [0.4, 0.5) is 0 Å². The van der Waals surface area contributed by atoms with Crippen LogP contribution in [0.2, 0.25) is 0 Å². The van der Waals surface area contributed by atoms with Gasteiger partial charge in [0.1, 0.15) is 0 Å². The number of ether oxygens (including phenoxy) is 1. The van der Waals surface area contributed by atoms with Crippen LogP contribution in [-0.4, -0.2) is 32.5 Å². The van der Waals surface area contributed by atoms with E-state index < -0.39 is 16.0 Å². The molecule has 0 aliphatic carbocycles. The summed E-state index contributed by atoms with van der Waals surface area (Å²) >= 11 is 1.56. The number of thiazole rings is 1. The molecule has 1 heterocycles. The first-order valence-electron chi connectivity index (χ1n) is 8.53. The molecule has 0 aliphatic rings. The van der Waals surface area contributed by atoms with Crippen LogP contribution in [-0.2, 0) is 14.8 Å². The van der Waals surface area contributed by atoms with Crippen LogP contribution in [0.25, 0.3) is 10.2 Å². The molecule has 3 aromatic rings. The van der Waals surface area contributed by atoms with E-state index in [1.165, 1.54) is 24.3 Å². The fourth-order valence-corrected chi connectivity index (χ4v) is 4.71. The van der Waals surface area contributed by atoms with Gasteiger partial charge in [-0.25, -0.2) is 22.9 Å². The molecule has 142 valence electrons. The number of hydrogen-bond donors (Lipinski definition) is 1. The zero-order valence-electron chi connectivity index (χ0n) is 15.0. The van der Waals surface area contributed by atoms with Crippen molar-refractivity contribution in [3.8, 4) is 0 Å². The first kappa shape index (κ1) is 19.5. The number of nitrogens with one attached hydrogen (secondary N) is 1. The predicted molar refractivity (Wildman–Crippen MR) is 106 cm³/mol. The van der Waals surface area contributed by atoms with Crippen LogP contribution in [0.5, 0.6) is 0 Å². The molecule has 0 unspecified atom stereocenters. The van der Waals surface area contributed by atoms with Crippen molar-refractivity contribution in [2.75, 3.05) is 13.2 Å². The first-order valence-corrected chi connectivity index (χ1v) is 10.8. The summed E-state index contributed by atoms with van der Waals surface area (Å²) in [4.78, 5) is 16.4. The van der Waals surface area contributed by atoms with Gasteiger partial charge in [0.2, 0.25) is 10.0 Å². The van der Waals surface area contributed by atoms with Crippen molar-refractivity contribution in [1.29, 1.82) is 0 Å². The van der Waals surface area contributed by atoms with Gasteiger partial charge in [-0.3, -0.25) is 0 Å². The molecule has 0 fully saturated rings. The van der Waals surface area contributed by atoms with Crippen molar-refractivity contribution in [2.45, 2.75) is 24.7 Å². The van der Waals surface area contributed by atoms with Crippen molar-refractivity contribution < 1.29 is 17.9 Å². The van der Waals surface area contributed by atoms with E-state index in [1.807, 2.05) is 31.2 Å². The minimum absolute atomic E-state index is 0.0320. The van der Waals surface area contributed by atoms with E-state index in [4.69, 9.17) is 4.74 Å². The Morgan fingerprint density at radius 1 is 1.22 bits per heavy atom. The van der Waals surface area contributed by atoms with E-state index in [0.29, 0.717) is 0 Å². The smallest absolute Gasteiger partial charge is 0.338 e. The van der Waals surface area contributed by atoms with Gasteiger partial charge >= 0.3 is 5.97 Å². The third kappa shape index (κ3) is 4.52. The SMILES string of the molecule is CCOC(=O)c1cccc(S(=O)(=O)NC[C@@H](C)c2nc3ccccc3s2)c1. The van der Waals surface area contributed by atoms with Gasteiger partial charge in [0.05, 0.1) is 32.3 Å². The van der Waals surface area contributed by atoms with Crippen molar-refractivity contribution >= 4 is 37.5 Å². The van der Waals surface area contributed by atoms with E-state index in [0.717, 1.165) is 15.2 Å². The number of benzene rings is 2. The number of para-hydroxylation sites is 1. The largest absolute Gasteiger partial charge is 0.462 e. The molecule has 0 aliphatic heterocycles. The van der Waals surface area contributed by atoms with Crippen LogP contribution in [0.3, 0.4) is 0 Å². The Balaban J connectivity index is 1.72. The van der Waals surface area contributed by atoms with E-state index in [1.54, 1.807) is 18.3 Å². The highest BCUT2D eigenvalue weighted by atomic mass is 32.2. The van der Waals surface area contributed by atoms with Crippen molar-refractivity contribution in [2.24, 2.45) is 0 Å². The molecule has 1 N–H and O–H groups in total. The third-order valence-corrected chi connectivity index (χ3v) is 6.66. The summed E-state index contributed by atoms with van der Waals surface area (Å²) in [6.45, 7) is 4.07. The number of rotatable bonds is 7. The second-order valence-electron chi connectivity index (χ2n) is 6.02. The van der Waals surface area contributed by atoms with Crippen molar-refractivity contribution in [3.63, 3.8) is 0 Å². The number of carbonyl (C=O) groups is 1. The Morgan fingerprint density at radius 3 is 2.74 bits per heavy atom. The summed E-state index contributed by atoms with van der Waals surface area (Å²) in [5.41, 5.74) is 1.12. The summed E-state index contributed by atoms with van der Waals surface area (Å²) in [7, 11) is -3.75. The molecule has 0 amide bonds. The van der Waals surface area contributed by atoms with E-state index in [2.05, 4.69) is 9.71 Å². The lowest BCUT2D eigenvalue weighted by Crippen LogP contribution is -2.28. The predicted octanol–water partition coefficient (Wildman–Crippen LogP) is 3.56. The van der Waals surface area contributed by atoms with Crippen molar-refractivity contribution in [3.05, 3.63) is 59.1 Å². The lowest BCUT2D eigenvalue weighted by molar-refractivity contribution is 0.0526. The van der Waals surface area contributed by atoms with Gasteiger partial charge in [0.15, 0.2) is 0 Å². The van der Waals surface area contributed by atoms with E-state index >= 15 is 0 Å². The number of fused-ring (bicyclic) bond motifs is 1. The average Bonchev–Trinajstić information content (AvgIpc) is 3.11. The molecule has 27 heavy (non-hydrogen) atoms. The van der Waals surface area contributed by atoms with Gasteiger partial charge in [-0.05, 0) is 37.3 Å². The van der Waals surface area contributed by atoms with Gasteiger partial charge in [-0.15, -0.1) is 11.3 Å². The molecule has 3 rings (SSSR count). The maximum absolute atomic E-state index is 12.6. The summed E-state index contributed by atoms with van der Waals surface area (Å²) < 4.78 is 33.8. The topological polar surface area (TPSA) is 85.4 Å². The van der Waals surface area contributed by atoms with E-state index in [9.17, 15) is 13.2 Å². The maximum Gasteiger partial charge on any atom is 0.338 e. The summed E-state index contributed by atoms with van der Waals surface area (Å²) in [6, 6.07) is 13.6. The zero-order valence-corrected chi connectivity index (χ0v) is 16.6. The Morgan fingerprint density at radius 2 is 2.00 bits per heavy atom. The van der Waals surface area contributed by atoms with Gasteiger partial charge in [0, 0.05) is 12.5 Å². The number of carbonyl (C=O) groups excluding carboxylic acids is 1. The third-order valence-electron chi connectivity index (χ3n) is 3.97. The molecule has 0 bridgehead atoms. The molecule has 0 saturated carbocycles. The first-order chi connectivity index (χ1) is 12.9. The fourth-order valence-electron chi connectivity index (χ4n) is 2.51. The van der Waals surface area contributed by atoms with Crippen LogP contribution in [0, 0.1) is 0 Å². The minimum Gasteiger partial charge on any atom is -0.462 e. The quantitative estimate of drug-likeness (QED) is 0.609. The second-order valence-corrected chi connectivity index (χ2v) is 8.85. The minimum atomic E-state index is -3.75. The number of hydrogen-bond acceptors (Lipinski definition) is 6. The summed E-state index contributed by atoms with van der Waals surface area (Å²) in [5, 5.41) is 0.874. The van der Waals surface area contributed by atoms with E-state index in [-0.39, 0.29) is 29.5 Å². The average molecular weight is 405 g/mol. The normalized spacial score (nSPS) is 12.8. The van der Waals surface area contributed by atoms with Crippen molar-refractivity contribution in [1.82, 2.24) is 9.71 Å². The van der Waals surface area contributed by atoms with Gasteiger partial charge < -0.3 is 4.74 Å². The van der Waals surface area contributed by atoms with Crippen LogP contribution >= 0.6 is 11.3 Å². The van der Waals surface area contributed by atoms with Crippen LogP contribution in [0.1, 0.15) is 35.1 Å². The highest BCUT2D eigenvalue weighted by Gasteiger charge is 2.19. The number of esters is 1. The number of sulfonamides is 1. The summed E-state index contributed by atoms with van der Waals surface area (Å²) in [6.07, 6.45) is 0. The zero-order chi connectivity index (χ0) is 19.4. The Hall–Kier alpha value is -2.29. The molecule has 8 heteroatoms. The molecular formula is C19H20N2O4S2. The van der Waals surface area contributed by atoms with Crippen LogP contribution < -0.4 is 4.72 Å². The lowest BCUT2D eigenvalue weighted by atomic mass is 10.2. The molecule has 0 spiro atoms. The fraction of sp³-hybridized carbons (Fsp3) is 0.263. The standard InChI is InChI=1S/C19H20N2O4S2/c1-3-25-19(22)14-7-6-8-15(11-14)27(23,24)20-12-13(2)18-21-16-9-4-5-10-17(16)26-18/h4-11,13,20H,3,12H2,1-2H3/t13-/m1/s1. The molecule has 1 aromatic heterocycles. The van der Waals surface area contributed by atoms with Gasteiger partial charge in [-0.2, -0.15) is 0 Å². The summed E-state index contributed by atoms with van der Waals surface area (Å²) in [5.74, 6) is -0.622. The molecule has 0 saturated heterocycles. The highest BCUT2D eigenvalue weighted by molar-refractivity contribution is 7.89. The number of nitrogens with zero attached hydrogens (tertiary/aromatic N) is 1. The number of aromatic nitrogens is 1. The molecule has 1 atom stereocenters. The molecular weight excluding hydrogens is 384 g/mol. The van der Waals surface area contributed by atoms with Crippen LogP contribution in [0.15, 0.2) is 53.4 Å². The molecule has 6 nitrogen and oxygen atoms in total. The Bertz CT molecular complexity index is 1030. The monoisotopic (exact) mass is 404 g/mol. The Kier molecular flexibility index (Phi) is 5.88. The van der Waals surface area contributed by atoms with Gasteiger partial charge in [0.25, 0.3) is 0 Å². The molecule has 0 radical (unpaired) electrons. The maximum atomic E-state index is 12.6. The second kappa shape index (κ2) is 8.16. The lowest BCUT2D eigenvalue weighted by Gasteiger charge is -2.11.